The summed E-state index contributed by atoms with van der Waals surface area (Å²) < 4.78 is 5.55. The van der Waals surface area contributed by atoms with Crippen molar-refractivity contribution in [3.8, 4) is 0 Å². The first-order valence-corrected chi connectivity index (χ1v) is 6.12. The fraction of sp³-hybridized carbons (Fsp3) is 0.692. The Morgan fingerprint density at radius 2 is 2.06 bits per heavy atom. The largest absolute Gasteiger partial charge is 0.468 e. The van der Waals surface area contributed by atoms with Crippen molar-refractivity contribution in [1.82, 2.24) is 10.2 Å². The fourth-order valence-electron chi connectivity index (χ4n) is 2.12. The van der Waals surface area contributed by atoms with E-state index in [1.165, 1.54) is 18.4 Å². The molecule has 0 aromatic carbocycles. The molecular formula is C13H24N2O. The van der Waals surface area contributed by atoms with E-state index in [2.05, 4.69) is 31.1 Å². The summed E-state index contributed by atoms with van der Waals surface area (Å²) in [6.45, 7) is 6.25. The van der Waals surface area contributed by atoms with Gasteiger partial charge < -0.3 is 9.73 Å². The molecule has 1 heterocycles. The number of rotatable bonds is 7. The summed E-state index contributed by atoms with van der Waals surface area (Å²) in [5.74, 6) is 1.09. The van der Waals surface area contributed by atoms with Crippen LogP contribution in [0.4, 0.5) is 0 Å². The normalized spacial score (nSPS) is 11.6. The highest BCUT2D eigenvalue weighted by Gasteiger charge is 2.14. The number of nitrogens with zero attached hydrogens (tertiary/aromatic N) is 1. The van der Waals surface area contributed by atoms with Crippen molar-refractivity contribution in [1.29, 1.82) is 0 Å². The first-order valence-electron chi connectivity index (χ1n) is 6.12. The monoisotopic (exact) mass is 224 g/mol. The molecule has 3 nitrogen and oxygen atoms in total. The van der Waals surface area contributed by atoms with Crippen LogP contribution in [-0.4, -0.2) is 25.0 Å². The highest BCUT2D eigenvalue weighted by atomic mass is 16.3. The lowest BCUT2D eigenvalue weighted by Crippen LogP contribution is -2.30. The maximum atomic E-state index is 5.55. The van der Waals surface area contributed by atoms with Crippen LogP contribution in [0, 0.1) is 0 Å². The predicted octanol–water partition coefficient (Wildman–Crippen LogP) is 2.62. The third-order valence-corrected chi connectivity index (χ3v) is 3.16. The lowest BCUT2D eigenvalue weighted by molar-refractivity contribution is 0.205. The molecule has 1 N–H and O–H groups in total. The van der Waals surface area contributed by atoms with Gasteiger partial charge in [-0.05, 0) is 33.0 Å². The standard InChI is InChI=1S/C13H24N2O/c1-5-12(6-2)15(4)10-13-11(9-14-3)7-8-16-13/h7-8,12,14H,5-6,9-10H2,1-4H3. The molecule has 0 aliphatic carbocycles. The van der Waals surface area contributed by atoms with Gasteiger partial charge in [0.05, 0.1) is 12.8 Å². The second-order valence-electron chi connectivity index (χ2n) is 4.28. The van der Waals surface area contributed by atoms with Gasteiger partial charge in [0, 0.05) is 18.2 Å². The van der Waals surface area contributed by atoms with Crippen molar-refractivity contribution in [3.05, 3.63) is 23.7 Å². The SMILES string of the molecule is CCC(CC)N(C)Cc1occc1CNC. The summed E-state index contributed by atoms with van der Waals surface area (Å²) in [5.41, 5.74) is 1.26. The maximum absolute atomic E-state index is 5.55. The third kappa shape index (κ3) is 3.35. The minimum Gasteiger partial charge on any atom is -0.468 e. The molecule has 0 saturated carbocycles. The Morgan fingerprint density at radius 1 is 1.38 bits per heavy atom. The Kier molecular flexibility index (Phi) is 5.56. The lowest BCUT2D eigenvalue weighted by Gasteiger charge is -2.25. The second-order valence-corrected chi connectivity index (χ2v) is 4.28. The fourth-order valence-corrected chi connectivity index (χ4v) is 2.12. The quantitative estimate of drug-likeness (QED) is 0.771. The van der Waals surface area contributed by atoms with Gasteiger partial charge in [0.1, 0.15) is 5.76 Å². The summed E-state index contributed by atoms with van der Waals surface area (Å²) in [5, 5.41) is 3.16. The van der Waals surface area contributed by atoms with E-state index in [0.717, 1.165) is 18.8 Å². The van der Waals surface area contributed by atoms with E-state index in [4.69, 9.17) is 4.42 Å². The molecule has 0 aliphatic rings. The van der Waals surface area contributed by atoms with Gasteiger partial charge in [-0.2, -0.15) is 0 Å². The van der Waals surface area contributed by atoms with Gasteiger partial charge >= 0.3 is 0 Å². The summed E-state index contributed by atoms with van der Waals surface area (Å²) in [4.78, 5) is 2.37. The molecule has 0 unspecified atom stereocenters. The minimum atomic E-state index is 0.646. The summed E-state index contributed by atoms with van der Waals surface area (Å²) >= 11 is 0. The third-order valence-electron chi connectivity index (χ3n) is 3.16. The topological polar surface area (TPSA) is 28.4 Å². The van der Waals surface area contributed by atoms with Crippen LogP contribution in [-0.2, 0) is 13.1 Å². The van der Waals surface area contributed by atoms with Crippen LogP contribution in [0.5, 0.6) is 0 Å². The molecule has 0 bridgehead atoms. The van der Waals surface area contributed by atoms with E-state index in [0.29, 0.717) is 6.04 Å². The zero-order chi connectivity index (χ0) is 12.0. The molecule has 1 aromatic heterocycles. The molecule has 1 rings (SSSR count). The molecule has 0 spiro atoms. The highest BCUT2D eigenvalue weighted by molar-refractivity contribution is 5.16. The predicted molar refractivity (Wildman–Crippen MR) is 67.3 cm³/mol. The number of hydrogen-bond acceptors (Lipinski definition) is 3. The van der Waals surface area contributed by atoms with Crippen LogP contribution in [0.15, 0.2) is 16.7 Å². The molecule has 0 amide bonds. The van der Waals surface area contributed by atoms with Crippen LogP contribution < -0.4 is 5.32 Å². The van der Waals surface area contributed by atoms with Crippen LogP contribution in [0.2, 0.25) is 0 Å². The minimum absolute atomic E-state index is 0.646. The first-order chi connectivity index (χ1) is 7.72. The van der Waals surface area contributed by atoms with E-state index in [1.807, 2.05) is 13.1 Å². The van der Waals surface area contributed by atoms with Gasteiger partial charge in [-0.15, -0.1) is 0 Å². The van der Waals surface area contributed by atoms with Crippen molar-refractivity contribution in [2.75, 3.05) is 14.1 Å². The molecule has 0 radical (unpaired) electrons. The molecule has 1 aromatic rings. The van der Waals surface area contributed by atoms with E-state index in [1.54, 1.807) is 6.26 Å². The van der Waals surface area contributed by atoms with Gasteiger partial charge in [0.2, 0.25) is 0 Å². The van der Waals surface area contributed by atoms with Gasteiger partial charge in [0.15, 0.2) is 0 Å². The van der Waals surface area contributed by atoms with E-state index < -0.39 is 0 Å². The smallest absolute Gasteiger partial charge is 0.122 e. The average Bonchev–Trinajstić information content (AvgIpc) is 2.68. The highest BCUT2D eigenvalue weighted by Crippen LogP contribution is 2.16. The van der Waals surface area contributed by atoms with Gasteiger partial charge in [-0.3, -0.25) is 4.90 Å². The number of nitrogens with one attached hydrogen (secondary N) is 1. The summed E-state index contributed by atoms with van der Waals surface area (Å²) in [6.07, 6.45) is 4.16. The molecule has 92 valence electrons. The molecule has 3 heteroatoms. The van der Waals surface area contributed by atoms with Crippen LogP contribution >= 0.6 is 0 Å². The van der Waals surface area contributed by atoms with Crippen molar-refractivity contribution in [3.63, 3.8) is 0 Å². The summed E-state index contributed by atoms with van der Waals surface area (Å²) in [7, 11) is 4.13. The van der Waals surface area contributed by atoms with Crippen molar-refractivity contribution in [2.24, 2.45) is 0 Å². The Morgan fingerprint density at radius 3 is 2.62 bits per heavy atom. The molecule has 16 heavy (non-hydrogen) atoms. The van der Waals surface area contributed by atoms with Gasteiger partial charge in [0.25, 0.3) is 0 Å². The van der Waals surface area contributed by atoms with Crippen molar-refractivity contribution >= 4 is 0 Å². The Hall–Kier alpha value is -0.800. The average molecular weight is 224 g/mol. The molecule has 0 aliphatic heterocycles. The van der Waals surface area contributed by atoms with Crippen LogP contribution in [0.25, 0.3) is 0 Å². The van der Waals surface area contributed by atoms with Gasteiger partial charge in [-0.1, -0.05) is 13.8 Å². The molecular weight excluding hydrogens is 200 g/mol. The summed E-state index contributed by atoms with van der Waals surface area (Å²) in [6, 6.07) is 2.69. The van der Waals surface area contributed by atoms with E-state index in [-0.39, 0.29) is 0 Å². The molecule has 0 saturated heterocycles. The zero-order valence-corrected chi connectivity index (χ0v) is 10.9. The molecule has 0 atom stereocenters. The second kappa shape index (κ2) is 6.71. The van der Waals surface area contributed by atoms with Gasteiger partial charge in [-0.25, -0.2) is 0 Å². The zero-order valence-electron chi connectivity index (χ0n) is 10.9. The molecule has 0 fully saturated rings. The van der Waals surface area contributed by atoms with E-state index in [9.17, 15) is 0 Å². The van der Waals surface area contributed by atoms with Crippen LogP contribution in [0.3, 0.4) is 0 Å². The first kappa shape index (κ1) is 13.3. The Balaban J connectivity index is 2.61. The Labute approximate surface area is 98.8 Å². The van der Waals surface area contributed by atoms with E-state index >= 15 is 0 Å². The van der Waals surface area contributed by atoms with Crippen LogP contribution in [0.1, 0.15) is 38.0 Å². The van der Waals surface area contributed by atoms with Crippen molar-refractivity contribution < 1.29 is 4.42 Å². The lowest BCUT2D eigenvalue weighted by atomic mass is 10.1. The number of furan rings is 1. The maximum Gasteiger partial charge on any atom is 0.122 e. The number of hydrogen-bond donors (Lipinski definition) is 1. The van der Waals surface area contributed by atoms with Crippen molar-refractivity contribution in [2.45, 2.75) is 45.8 Å². The Bertz CT molecular complexity index is 292.